The molecule has 1 atom stereocenters. The minimum atomic E-state index is -1.18. The number of esters is 2. The molecule has 0 N–H and O–H groups in total. The number of hydrogen-bond acceptors (Lipinski definition) is 5. The average molecular weight is 383 g/mol. The molecule has 0 rings (SSSR count). The van der Waals surface area contributed by atoms with Crippen molar-refractivity contribution < 1.29 is 28.6 Å². The van der Waals surface area contributed by atoms with E-state index in [4.69, 9.17) is 9.47 Å². The first kappa shape index (κ1) is 25.0. The van der Waals surface area contributed by atoms with Crippen LogP contribution in [0.25, 0.3) is 5.53 Å². The maximum atomic E-state index is 12.4. The molecule has 0 saturated carbocycles. The van der Waals surface area contributed by atoms with Crippen molar-refractivity contribution in [2.45, 2.75) is 97.5 Å². The Labute approximate surface area is 162 Å². The molecule has 154 valence electrons. The van der Waals surface area contributed by atoms with Gasteiger partial charge in [-0.3, -0.25) is 14.4 Å². The minimum Gasteiger partial charge on any atom is -0.461 e. The lowest BCUT2D eigenvalue weighted by atomic mass is 10.0. The molecule has 0 saturated heterocycles. The third-order valence-electron chi connectivity index (χ3n) is 4.09. The molecule has 0 bridgehead atoms. The lowest BCUT2D eigenvalue weighted by Crippen LogP contribution is -2.38. The standard InChI is InChI=1S/C20H34N2O5/c1-4-7-10-11-12-16(23)20(22-21)17(27-19(25)14-9-6-3)15-26-18(24)13-8-5-2/h17H,4-15H2,1-3H3. The van der Waals surface area contributed by atoms with Gasteiger partial charge in [0.05, 0.1) is 0 Å². The van der Waals surface area contributed by atoms with Crippen LogP contribution < -0.4 is 0 Å². The summed E-state index contributed by atoms with van der Waals surface area (Å²) in [5.41, 5.74) is 9.04. The lowest BCUT2D eigenvalue weighted by Gasteiger charge is -2.14. The quantitative estimate of drug-likeness (QED) is 0.132. The van der Waals surface area contributed by atoms with Crippen molar-refractivity contribution in [3.8, 4) is 0 Å². The predicted molar refractivity (Wildman–Crippen MR) is 102 cm³/mol. The first-order valence-electron chi connectivity index (χ1n) is 10.1. The second-order valence-corrected chi connectivity index (χ2v) is 6.59. The first-order chi connectivity index (χ1) is 13.0. The largest absolute Gasteiger partial charge is 0.461 e. The zero-order chi connectivity index (χ0) is 20.5. The number of carbonyl (C=O) groups is 3. The molecule has 0 aliphatic rings. The highest BCUT2D eigenvalue weighted by Gasteiger charge is 2.35. The van der Waals surface area contributed by atoms with Crippen LogP contribution in [-0.4, -0.2) is 40.9 Å². The van der Waals surface area contributed by atoms with Gasteiger partial charge in [0.25, 0.3) is 0 Å². The molecule has 0 fully saturated rings. The van der Waals surface area contributed by atoms with Gasteiger partial charge >= 0.3 is 17.7 Å². The fraction of sp³-hybridized carbons (Fsp3) is 0.800. The van der Waals surface area contributed by atoms with Crippen LogP contribution in [0.15, 0.2) is 0 Å². The van der Waals surface area contributed by atoms with Gasteiger partial charge in [0.1, 0.15) is 6.61 Å². The van der Waals surface area contributed by atoms with Crippen molar-refractivity contribution in [3.63, 3.8) is 0 Å². The van der Waals surface area contributed by atoms with Crippen LogP contribution in [0.2, 0.25) is 0 Å². The molecular weight excluding hydrogens is 348 g/mol. The van der Waals surface area contributed by atoms with Crippen LogP contribution >= 0.6 is 0 Å². The van der Waals surface area contributed by atoms with Gasteiger partial charge < -0.3 is 15.0 Å². The molecule has 0 heterocycles. The Hall–Kier alpha value is -2.01. The fourth-order valence-electron chi connectivity index (χ4n) is 2.41. The fourth-order valence-corrected chi connectivity index (χ4v) is 2.41. The summed E-state index contributed by atoms with van der Waals surface area (Å²) in [5.74, 6) is -1.34. The summed E-state index contributed by atoms with van der Waals surface area (Å²) in [6, 6.07) is 0. The molecule has 0 aliphatic heterocycles. The Kier molecular flexibility index (Phi) is 15.0. The van der Waals surface area contributed by atoms with E-state index in [9.17, 15) is 19.9 Å². The topological polar surface area (TPSA) is 106 Å². The third kappa shape index (κ3) is 12.1. The molecule has 27 heavy (non-hydrogen) atoms. The maximum absolute atomic E-state index is 12.4. The molecule has 7 nitrogen and oxygen atoms in total. The smallest absolute Gasteiger partial charge is 0.378 e. The molecule has 0 aromatic rings. The number of unbranched alkanes of at least 4 members (excludes halogenated alkanes) is 5. The average Bonchev–Trinajstić information content (AvgIpc) is 2.66. The summed E-state index contributed by atoms with van der Waals surface area (Å²) < 4.78 is 10.4. The molecule has 0 aromatic carbocycles. The van der Waals surface area contributed by atoms with E-state index in [2.05, 4.69) is 11.7 Å². The molecule has 1 unspecified atom stereocenters. The zero-order valence-corrected chi connectivity index (χ0v) is 17.0. The molecule has 0 amide bonds. The summed E-state index contributed by atoms with van der Waals surface area (Å²) in [4.78, 5) is 39.1. The van der Waals surface area contributed by atoms with E-state index in [1.165, 1.54) is 0 Å². The number of hydrogen-bond donors (Lipinski definition) is 0. The molecule has 7 heteroatoms. The van der Waals surface area contributed by atoms with Gasteiger partial charge in [0.15, 0.2) is 0 Å². The number of rotatable bonds is 16. The molecule has 0 spiro atoms. The number of ether oxygens (including phenoxy) is 2. The number of Topliss-reactive ketones (excluding diaryl/α,β-unsaturated/α-hetero) is 1. The number of ketones is 1. The molecule has 0 radical (unpaired) electrons. The predicted octanol–water partition coefficient (Wildman–Crippen LogP) is 4.03. The molecule has 0 aromatic heterocycles. The van der Waals surface area contributed by atoms with Gasteiger partial charge in [-0.2, -0.15) is 4.79 Å². The van der Waals surface area contributed by atoms with Gasteiger partial charge in [-0.25, -0.2) is 0 Å². The van der Waals surface area contributed by atoms with E-state index in [1.807, 2.05) is 13.8 Å². The van der Waals surface area contributed by atoms with Gasteiger partial charge in [-0.1, -0.05) is 52.9 Å². The van der Waals surface area contributed by atoms with Crippen molar-refractivity contribution in [1.29, 1.82) is 0 Å². The molecule has 0 aliphatic carbocycles. The van der Waals surface area contributed by atoms with E-state index in [0.717, 1.165) is 32.1 Å². The van der Waals surface area contributed by atoms with Crippen molar-refractivity contribution in [3.05, 3.63) is 5.53 Å². The monoisotopic (exact) mass is 382 g/mol. The van der Waals surface area contributed by atoms with Gasteiger partial charge in [-0.05, 0) is 19.3 Å². The highest BCUT2D eigenvalue weighted by atomic mass is 16.6. The highest BCUT2D eigenvalue weighted by Crippen LogP contribution is 2.09. The van der Waals surface area contributed by atoms with Gasteiger partial charge in [0.2, 0.25) is 11.9 Å². The van der Waals surface area contributed by atoms with Gasteiger partial charge in [0, 0.05) is 19.3 Å². The molecular formula is C20H34N2O5. The van der Waals surface area contributed by atoms with E-state index in [-0.39, 0.29) is 31.6 Å². The summed E-state index contributed by atoms with van der Waals surface area (Å²) in [7, 11) is 0. The Bertz CT molecular complexity index is 513. The second-order valence-electron chi connectivity index (χ2n) is 6.59. The van der Waals surface area contributed by atoms with Gasteiger partial charge in [-0.15, -0.1) is 0 Å². The normalized spacial score (nSPS) is 11.4. The van der Waals surface area contributed by atoms with Crippen LogP contribution in [0.5, 0.6) is 0 Å². The SMILES string of the molecule is CCCCCCC(=O)C(=[N+]=[N-])C(COC(=O)CCCC)OC(=O)CCCC. The Balaban J connectivity index is 4.93. The summed E-state index contributed by atoms with van der Waals surface area (Å²) in [6.07, 6.45) is 6.11. The minimum absolute atomic E-state index is 0.195. The van der Waals surface area contributed by atoms with E-state index >= 15 is 0 Å². The number of carbonyl (C=O) groups excluding carboxylic acids is 3. The zero-order valence-electron chi connectivity index (χ0n) is 17.0. The second kappa shape index (κ2) is 16.2. The van der Waals surface area contributed by atoms with Crippen molar-refractivity contribution in [2.75, 3.05) is 6.61 Å². The number of nitrogens with zero attached hydrogens (tertiary/aromatic N) is 2. The van der Waals surface area contributed by atoms with Crippen molar-refractivity contribution in [1.82, 2.24) is 0 Å². The van der Waals surface area contributed by atoms with E-state index < -0.39 is 23.8 Å². The van der Waals surface area contributed by atoms with Crippen LogP contribution in [-0.2, 0) is 23.9 Å². The Morgan fingerprint density at radius 3 is 1.96 bits per heavy atom. The summed E-state index contributed by atoms with van der Waals surface area (Å²) in [6.45, 7) is 5.65. The first-order valence-corrected chi connectivity index (χ1v) is 10.1. The van der Waals surface area contributed by atoms with Crippen molar-refractivity contribution >= 4 is 23.4 Å². The van der Waals surface area contributed by atoms with Crippen LogP contribution in [0, 0.1) is 0 Å². The van der Waals surface area contributed by atoms with E-state index in [1.54, 1.807) is 0 Å². The Morgan fingerprint density at radius 1 is 0.815 bits per heavy atom. The van der Waals surface area contributed by atoms with Crippen LogP contribution in [0.1, 0.15) is 91.4 Å². The third-order valence-corrected chi connectivity index (χ3v) is 4.09. The van der Waals surface area contributed by atoms with Crippen LogP contribution in [0.3, 0.4) is 0 Å². The summed E-state index contributed by atoms with van der Waals surface area (Å²) >= 11 is 0. The lowest BCUT2D eigenvalue weighted by molar-refractivity contribution is -0.158. The van der Waals surface area contributed by atoms with Crippen LogP contribution in [0.4, 0.5) is 0 Å². The van der Waals surface area contributed by atoms with E-state index in [0.29, 0.717) is 19.3 Å². The maximum Gasteiger partial charge on any atom is 0.378 e. The van der Waals surface area contributed by atoms with Crippen molar-refractivity contribution in [2.24, 2.45) is 0 Å². The summed E-state index contributed by atoms with van der Waals surface area (Å²) in [5, 5.41) is 0. The highest BCUT2D eigenvalue weighted by molar-refractivity contribution is 6.39. The Morgan fingerprint density at radius 2 is 1.41 bits per heavy atom.